The summed E-state index contributed by atoms with van der Waals surface area (Å²) in [4.78, 5) is 0. The summed E-state index contributed by atoms with van der Waals surface area (Å²) in [5, 5.41) is 0. The Labute approximate surface area is 106 Å². The zero-order valence-electron chi connectivity index (χ0n) is 9.76. The Bertz CT molecular complexity index is 372. The molecular formula is C14H17ClF2. The third-order valence-electron chi connectivity index (χ3n) is 3.75. The van der Waals surface area contributed by atoms with Gasteiger partial charge in [-0.3, -0.25) is 0 Å². The molecule has 1 fully saturated rings. The standard InChI is InChI=1S/C14H17ClF2/c15-9-12(10-3-1-2-4-10)7-11-8-13(16)5-6-14(11)17/h5-6,8,10,12H,1-4,7,9H2. The number of hydrogen-bond acceptors (Lipinski definition) is 0. The van der Waals surface area contributed by atoms with E-state index in [9.17, 15) is 8.78 Å². The van der Waals surface area contributed by atoms with Gasteiger partial charge in [-0.2, -0.15) is 0 Å². The van der Waals surface area contributed by atoms with E-state index in [2.05, 4.69) is 0 Å². The lowest BCUT2D eigenvalue weighted by Gasteiger charge is -2.21. The zero-order chi connectivity index (χ0) is 12.3. The molecule has 0 saturated heterocycles. The summed E-state index contributed by atoms with van der Waals surface area (Å²) in [7, 11) is 0. The molecule has 3 heteroatoms. The van der Waals surface area contributed by atoms with Gasteiger partial charge in [0.05, 0.1) is 0 Å². The summed E-state index contributed by atoms with van der Waals surface area (Å²) in [5.41, 5.74) is 0.461. The van der Waals surface area contributed by atoms with Gasteiger partial charge in [-0.05, 0) is 42.0 Å². The molecule has 94 valence electrons. The highest BCUT2D eigenvalue weighted by atomic mass is 35.5. The highest BCUT2D eigenvalue weighted by Crippen LogP contribution is 2.34. The number of rotatable bonds is 4. The Morgan fingerprint density at radius 2 is 1.94 bits per heavy atom. The SMILES string of the molecule is Fc1ccc(F)c(CC(CCl)C2CCCC2)c1. The first-order valence-electron chi connectivity index (χ1n) is 6.20. The van der Waals surface area contributed by atoms with Gasteiger partial charge in [-0.15, -0.1) is 11.6 Å². The highest BCUT2D eigenvalue weighted by molar-refractivity contribution is 6.18. The molecule has 0 aromatic heterocycles. The Hall–Kier alpha value is -0.630. The van der Waals surface area contributed by atoms with Crippen molar-refractivity contribution in [3.05, 3.63) is 35.4 Å². The topological polar surface area (TPSA) is 0 Å². The van der Waals surface area contributed by atoms with Crippen LogP contribution in [0.1, 0.15) is 31.2 Å². The van der Waals surface area contributed by atoms with Crippen LogP contribution >= 0.6 is 11.6 Å². The van der Waals surface area contributed by atoms with Crippen LogP contribution in [-0.2, 0) is 6.42 Å². The third kappa shape index (κ3) is 3.19. The summed E-state index contributed by atoms with van der Waals surface area (Å²) >= 11 is 5.97. The molecule has 0 heterocycles. The molecule has 0 amide bonds. The Morgan fingerprint density at radius 3 is 2.59 bits per heavy atom. The second kappa shape index (κ2) is 5.81. The Morgan fingerprint density at radius 1 is 1.24 bits per heavy atom. The van der Waals surface area contributed by atoms with Gasteiger partial charge >= 0.3 is 0 Å². The first-order valence-corrected chi connectivity index (χ1v) is 6.74. The molecule has 0 radical (unpaired) electrons. The Balaban J connectivity index is 2.09. The van der Waals surface area contributed by atoms with Crippen LogP contribution in [0, 0.1) is 23.5 Å². The first-order chi connectivity index (χ1) is 8.20. The number of halogens is 3. The van der Waals surface area contributed by atoms with Crippen LogP contribution in [-0.4, -0.2) is 5.88 Å². The molecule has 0 bridgehead atoms. The summed E-state index contributed by atoms with van der Waals surface area (Å²) in [6.45, 7) is 0. The van der Waals surface area contributed by atoms with Crippen molar-refractivity contribution in [1.82, 2.24) is 0 Å². The van der Waals surface area contributed by atoms with E-state index in [0.717, 1.165) is 6.07 Å². The minimum absolute atomic E-state index is 0.274. The fraction of sp³-hybridized carbons (Fsp3) is 0.571. The number of alkyl halides is 1. The van der Waals surface area contributed by atoms with E-state index in [1.165, 1.54) is 37.8 Å². The molecule has 0 nitrogen and oxygen atoms in total. The van der Waals surface area contributed by atoms with Crippen molar-refractivity contribution in [2.24, 2.45) is 11.8 Å². The number of hydrogen-bond donors (Lipinski definition) is 0. The minimum Gasteiger partial charge on any atom is -0.207 e. The Kier molecular flexibility index (Phi) is 4.38. The normalized spacial score (nSPS) is 18.5. The van der Waals surface area contributed by atoms with Crippen LogP contribution < -0.4 is 0 Å². The second-order valence-electron chi connectivity index (χ2n) is 4.90. The molecule has 1 atom stereocenters. The van der Waals surface area contributed by atoms with Crippen LogP contribution in [0.25, 0.3) is 0 Å². The van der Waals surface area contributed by atoms with Gasteiger partial charge < -0.3 is 0 Å². The smallest absolute Gasteiger partial charge is 0.126 e. The van der Waals surface area contributed by atoms with Crippen molar-refractivity contribution in [1.29, 1.82) is 0 Å². The van der Waals surface area contributed by atoms with E-state index in [0.29, 0.717) is 23.8 Å². The molecule has 1 aromatic carbocycles. The van der Waals surface area contributed by atoms with Crippen LogP contribution in [0.2, 0.25) is 0 Å². The fourth-order valence-corrected chi connectivity index (χ4v) is 3.12. The molecular weight excluding hydrogens is 242 g/mol. The highest BCUT2D eigenvalue weighted by Gasteiger charge is 2.25. The van der Waals surface area contributed by atoms with Crippen molar-refractivity contribution in [3.63, 3.8) is 0 Å². The predicted octanol–water partition coefficient (Wildman–Crippen LogP) is 4.55. The monoisotopic (exact) mass is 258 g/mol. The van der Waals surface area contributed by atoms with Crippen LogP contribution in [0.4, 0.5) is 8.78 Å². The van der Waals surface area contributed by atoms with Gasteiger partial charge in [0.25, 0.3) is 0 Å². The second-order valence-corrected chi connectivity index (χ2v) is 5.21. The van der Waals surface area contributed by atoms with Crippen molar-refractivity contribution >= 4 is 11.6 Å². The van der Waals surface area contributed by atoms with Gasteiger partial charge in [-0.1, -0.05) is 25.7 Å². The molecule has 1 aromatic rings. The lowest BCUT2D eigenvalue weighted by molar-refractivity contribution is 0.364. The molecule has 0 N–H and O–H groups in total. The summed E-state index contributed by atoms with van der Waals surface area (Å²) in [6.07, 6.45) is 5.38. The van der Waals surface area contributed by atoms with Crippen LogP contribution in [0.15, 0.2) is 18.2 Å². The maximum atomic E-state index is 13.5. The third-order valence-corrected chi connectivity index (χ3v) is 4.15. The number of benzene rings is 1. The molecule has 1 unspecified atom stereocenters. The maximum Gasteiger partial charge on any atom is 0.126 e. The van der Waals surface area contributed by atoms with E-state index in [1.807, 2.05) is 0 Å². The van der Waals surface area contributed by atoms with Crippen LogP contribution in [0.5, 0.6) is 0 Å². The fourth-order valence-electron chi connectivity index (χ4n) is 2.76. The summed E-state index contributed by atoms with van der Waals surface area (Å²) < 4.78 is 26.6. The minimum atomic E-state index is -0.374. The van der Waals surface area contributed by atoms with Crippen molar-refractivity contribution in [3.8, 4) is 0 Å². The quantitative estimate of drug-likeness (QED) is 0.695. The van der Waals surface area contributed by atoms with E-state index in [4.69, 9.17) is 11.6 Å². The van der Waals surface area contributed by atoms with Crippen molar-refractivity contribution in [2.45, 2.75) is 32.1 Å². The summed E-state index contributed by atoms with van der Waals surface area (Å²) in [6, 6.07) is 3.65. The van der Waals surface area contributed by atoms with E-state index >= 15 is 0 Å². The molecule has 1 aliphatic rings. The maximum absolute atomic E-state index is 13.5. The van der Waals surface area contributed by atoms with Crippen molar-refractivity contribution < 1.29 is 8.78 Å². The predicted molar refractivity (Wildman–Crippen MR) is 66.2 cm³/mol. The van der Waals surface area contributed by atoms with Gasteiger partial charge in [0.2, 0.25) is 0 Å². The molecule has 17 heavy (non-hydrogen) atoms. The van der Waals surface area contributed by atoms with Gasteiger partial charge in [-0.25, -0.2) is 8.78 Å². The van der Waals surface area contributed by atoms with Gasteiger partial charge in [0, 0.05) is 5.88 Å². The van der Waals surface area contributed by atoms with Crippen molar-refractivity contribution in [2.75, 3.05) is 5.88 Å². The van der Waals surface area contributed by atoms with Crippen LogP contribution in [0.3, 0.4) is 0 Å². The molecule has 0 spiro atoms. The van der Waals surface area contributed by atoms with Gasteiger partial charge in [0.15, 0.2) is 0 Å². The lowest BCUT2D eigenvalue weighted by Crippen LogP contribution is -2.17. The van der Waals surface area contributed by atoms with E-state index in [-0.39, 0.29) is 17.6 Å². The zero-order valence-corrected chi connectivity index (χ0v) is 10.5. The van der Waals surface area contributed by atoms with Gasteiger partial charge in [0.1, 0.15) is 11.6 Å². The average Bonchev–Trinajstić information content (AvgIpc) is 2.84. The molecule has 2 rings (SSSR count). The largest absolute Gasteiger partial charge is 0.207 e. The molecule has 0 aliphatic heterocycles. The van der Waals surface area contributed by atoms with E-state index < -0.39 is 0 Å². The first kappa shape index (κ1) is 12.8. The van der Waals surface area contributed by atoms with E-state index in [1.54, 1.807) is 0 Å². The molecule has 1 saturated carbocycles. The molecule has 1 aliphatic carbocycles. The average molecular weight is 259 g/mol. The lowest BCUT2D eigenvalue weighted by atomic mass is 9.87. The summed E-state index contributed by atoms with van der Waals surface area (Å²) in [5.74, 6) is 0.687.